The van der Waals surface area contributed by atoms with E-state index in [1.165, 1.54) is 11.0 Å². The van der Waals surface area contributed by atoms with Crippen molar-refractivity contribution in [2.24, 2.45) is 0 Å². The third-order valence-corrected chi connectivity index (χ3v) is 2.99. The van der Waals surface area contributed by atoms with Crippen LogP contribution in [-0.2, 0) is 0 Å². The molecule has 2 amide bonds. The first kappa shape index (κ1) is 15.4. The molecule has 2 rings (SSSR count). The van der Waals surface area contributed by atoms with Crippen molar-refractivity contribution >= 4 is 11.7 Å². The maximum absolute atomic E-state index is 13.5. The SMILES string of the molecule is O=C(Nc1ccc(OC(F)F)c(F)c1)N(CCO)C1CC1. The second-order valence-corrected chi connectivity index (χ2v) is 4.60. The predicted octanol–water partition coefficient (Wildman–Crippen LogP) is 2.42. The van der Waals surface area contributed by atoms with E-state index < -0.39 is 24.2 Å². The van der Waals surface area contributed by atoms with Gasteiger partial charge in [0.1, 0.15) is 0 Å². The van der Waals surface area contributed by atoms with Crippen molar-refractivity contribution in [3.63, 3.8) is 0 Å². The number of rotatable bonds is 6. The van der Waals surface area contributed by atoms with Crippen LogP contribution in [0.3, 0.4) is 0 Å². The minimum absolute atomic E-state index is 0.0865. The Morgan fingerprint density at radius 2 is 2.19 bits per heavy atom. The molecule has 2 N–H and O–H groups in total. The van der Waals surface area contributed by atoms with Crippen molar-refractivity contribution < 1.29 is 27.8 Å². The van der Waals surface area contributed by atoms with Crippen LogP contribution in [0.5, 0.6) is 5.75 Å². The number of ether oxygens (including phenoxy) is 1. The van der Waals surface area contributed by atoms with Crippen molar-refractivity contribution in [1.29, 1.82) is 0 Å². The highest BCUT2D eigenvalue weighted by atomic mass is 19.3. The topological polar surface area (TPSA) is 61.8 Å². The number of nitrogens with one attached hydrogen (secondary N) is 1. The van der Waals surface area contributed by atoms with E-state index in [1.807, 2.05) is 0 Å². The van der Waals surface area contributed by atoms with Gasteiger partial charge in [-0.2, -0.15) is 8.78 Å². The lowest BCUT2D eigenvalue weighted by atomic mass is 10.3. The van der Waals surface area contributed by atoms with E-state index in [0.717, 1.165) is 25.0 Å². The summed E-state index contributed by atoms with van der Waals surface area (Å²) >= 11 is 0. The van der Waals surface area contributed by atoms with E-state index >= 15 is 0 Å². The fourth-order valence-electron chi connectivity index (χ4n) is 1.91. The molecule has 1 aromatic rings. The molecule has 0 saturated heterocycles. The van der Waals surface area contributed by atoms with Gasteiger partial charge in [-0.15, -0.1) is 0 Å². The second-order valence-electron chi connectivity index (χ2n) is 4.60. The van der Waals surface area contributed by atoms with Crippen molar-refractivity contribution in [3.8, 4) is 5.75 Å². The molecule has 0 spiro atoms. The molecule has 0 unspecified atom stereocenters. The van der Waals surface area contributed by atoms with Gasteiger partial charge in [-0.1, -0.05) is 0 Å². The summed E-state index contributed by atoms with van der Waals surface area (Å²) in [6, 6.07) is 2.81. The van der Waals surface area contributed by atoms with Gasteiger partial charge in [0.2, 0.25) is 0 Å². The Bertz CT molecular complexity index is 509. The zero-order valence-corrected chi connectivity index (χ0v) is 11.1. The standard InChI is InChI=1S/C13H15F3N2O3/c14-10-7-8(1-4-11(10)21-12(15)16)17-13(20)18(5-6-19)9-2-3-9/h1,4,7,9,12,19H,2-3,5-6H2,(H,17,20). The molecule has 8 heteroatoms. The van der Waals surface area contributed by atoms with Gasteiger partial charge < -0.3 is 20.1 Å². The van der Waals surface area contributed by atoms with Gasteiger partial charge in [-0.3, -0.25) is 0 Å². The molecule has 1 saturated carbocycles. The number of hydrogen-bond donors (Lipinski definition) is 2. The number of carbonyl (C=O) groups is 1. The third-order valence-electron chi connectivity index (χ3n) is 2.99. The van der Waals surface area contributed by atoms with E-state index in [1.54, 1.807) is 0 Å². The lowest BCUT2D eigenvalue weighted by Crippen LogP contribution is -2.38. The number of halogens is 3. The Morgan fingerprint density at radius 1 is 1.48 bits per heavy atom. The fraction of sp³-hybridized carbons (Fsp3) is 0.462. The van der Waals surface area contributed by atoms with E-state index in [2.05, 4.69) is 10.1 Å². The summed E-state index contributed by atoms with van der Waals surface area (Å²) in [6.45, 7) is -3.10. The lowest BCUT2D eigenvalue weighted by molar-refractivity contribution is -0.0521. The Balaban J connectivity index is 2.01. The van der Waals surface area contributed by atoms with Crippen LogP contribution in [-0.4, -0.2) is 41.8 Å². The highest BCUT2D eigenvalue weighted by molar-refractivity contribution is 5.89. The summed E-state index contributed by atoms with van der Waals surface area (Å²) in [7, 11) is 0. The highest BCUT2D eigenvalue weighted by Gasteiger charge is 2.32. The number of carbonyl (C=O) groups excluding carboxylic acids is 1. The van der Waals surface area contributed by atoms with E-state index in [-0.39, 0.29) is 24.9 Å². The van der Waals surface area contributed by atoms with Gasteiger partial charge in [0.25, 0.3) is 0 Å². The molecule has 0 heterocycles. The van der Waals surface area contributed by atoms with Crippen molar-refractivity contribution in [1.82, 2.24) is 4.90 Å². The normalized spacial score (nSPS) is 14.1. The number of benzene rings is 1. The van der Waals surface area contributed by atoms with Crippen LogP contribution in [0.1, 0.15) is 12.8 Å². The smallest absolute Gasteiger partial charge is 0.387 e. The maximum Gasteiger partial charge on any atom is 0.387 e. The van der Waals surface area contributed by atoms with E-state index in [9.17, 15) is 18.0 Å². The van der Waals surface area contributed by atoms with Gasteiger partial charge in [-0.25, -0.2) is 9.18 Å². The fourth-order valence-corrected chi connectivity index (χ4v) is 1.91. The average molecular weight is 304 g/mol. The molecule has 21 heavy (non-hydrogen) atoms. The number of nitrogens with zero attached hydrogens (tertiary/aromatic N) is 1. The average Bonchev–Trinajstić information content (AvgIpc) is 3.23. The van der Waals surface area contributed by atoms with Gasteiger partial charge >= 0.3 is 12.6 Å². The highest BCUT2D eigenvalue weighted by Crippen LogP contribution is 2.28. The molecule has 0 aromatic heterocycles. The molecule has 5 nitrogen and oxygen atoms in total. The minimum Gasteiger partial charge on any atom is -0.432 e. The lowest BCUT2D eigenvalue weighted by Gasteiger charge is -2.21. The Kier molecular flexibility index (Phi) is 4.89. The molecule has 0 aliphatic heterocycles. The molecule has 1 aromatic carbocycles. The summed E-state index contributed by atoms with van der Waals surface area (Å²) in [6.07, 6.45) is 1.73. The van der Waals surface area contributed by atoms with Crippen LogP contribution < -0.4 is 10.1 Å². The zero-order valence-electron chi connectivity index (χ0n) is 11.1. The molecule has 116 valence electrons. The Morgan fingerprint density at radius 3 is 2.71 bits per heavy atom. The molecular formula is C13H15F3N2O3. The second kappa shape index (κ2) is 6.66. The number of hydrogen-bond acceptors (Lipinski definition) is 3. The summed E-state index contributed by atoms with van der Waals surface area (Å²) in [4.78, 5) is 13.4. The molecule has 0 bridgehead atoms. The first-order valence-electron chi connectivity index (χ1n) is 6.44. The van der Waals surface area contributed by atoms with Crippen LogP contribution in [0, 0.1) is 5.82 Å². The molecule has 1 aliphatic carbocycles. The molecular weight excluding hydrogens is 289 g/mol. The summed E-state index contributed by atoms with van der Waals surface area (Å²) in [5.41, 5.74) is 0.128. The number of aliphatic hydroxyl groups excluding tert-OH is 1. The van der Waals surface area contributed by atoms with Gasteiger partial charge in [-0.05, 0) is 25.0 Å². The van der Waals surface area contributed by atoms with Crippen LogP contribution >= 0.6 is 0 Å². The Labute approximate surface area is 119 Å². The van der Waals surface area contributed by atoms with Crippen LogP contribution in [0.2, 0.25) is 0 Å². The largest absolute Gasteiger partial charge is 0.432 e. The van der Waals surface area contributed by atoms with Gasteiger partial charge in [0, 0.05) is 24.3 Å². The quantitative estimate of drug-likeness (QED) is 0.848. The van der Waals surface area contributed by atoms with E-state index in [4.69, 9.17) is 5.11 Å². The third kappa shape index (κ3) is 4.25. The molecule has 0 atom stereocenters. The Hall–Kier alpha value is -1.96. The van der Waals surface area contributed by atoms with Gasteiger partial charge in [0.15, 0.2) is 11.6 Å². The summed E-state index contributed by atoms with van der Waals surface area (Å²) in [5.74, 6) is -1.58. The van der Waals surface area contributed by atoms with Crippen molar-refractivity contribution in [3.05, 3.63) is 24.0 Å². The van der Waals surface area contributed by atoms with Crippen LogP contribution in [0.25, 0.3) is 0 Å². The number of urea groups is 1. The first-order chi connectivity index (χ1) is 10.0. The zero-order chi connectivity index (χ0) is 15.4. The van der Waals surface area contributed by atoms with Crippen LogP contribution in [0.4, 0.5) is 23.7 Å². The number of alkyl halides is 2. The first-order valence-corrected chi connectivity index (χ1v) is 6.44. The maximum atomic E-state index is 13.5. The van der Waals surface area contributed by atoms with E-state index in [0.29, 0.717) is 0 Å². The summed E-state index contributed by atoms with van der Waals surface area (Å²) < 4.78 is 41.5. The monoisotopic (exact) mass is 304 g/mol. The minimum atomic E-state index is -3.12. The molecule has 0 radical (unpaired) electrons. The number of amides is 2. The van der Waals surface area contributed by atoms with Crippen molar-refractivity contribution in [2.45, 2.75) is 25.5 Å². The molecule has 1 fully saturated rings. The predicted molar refractivity (Wildman–Crippen MR) is 68.9 cm³/mol. The van der Waals surface area contributed by atoms with Crippen LogP contribution in [0.15, 0.2) is 18.2 Å². The van der Waals surface area contributed by atoms with Gasteiger partial charge in [0.05, 0.1) is 6.61 Å². The number of aliphatic hydroxyl groups is 1. The van der Waals surface area contributed by atoms with Crippen molar-refractivity contribution in [2.75, 3.05) is 18.5 Å². The molecule has 1 aliphatic rings. The summed E-state index contributed by atoms with van der Waals surface area (Å²) in [5, 5.41) is 11.4. The number of anilines is 1.